The first-order chi connectivity index (χ1) is 8.70. The summed E-state index contributed by atoms with van der Waals surface area (Å²) in [4.78, 5) is 22.3. The van der Waals surface area contributed by atoms with Crippen LogP contribution in [0.4, 0.5) is 0 Å². The number of ether oxygens (including phenoxy) is 1. The van der Waals surface area contributed by atoms with E-state index in [-0.39, 0.29) is 5.97 Å². The summed E-state index contributed by atoms with van der Waals surface area (Å²) >= 11 is 0. The largest absolute Gasteiger partial charge is 0.469 e. The fraction of sp³-hybridized carbons (Fsp3) is 0.733. The number of rotatable bonds is 11. The third kappa shape index (κ3) is 11.4. The van der Waals surface area contributed by atoms with Crippen LogP contribution in [0.2, 0.25) is 0 Å². The van der Waals surface area contributed by atoms with E-state index < -0.39 is 0 Å². The van der Waals surface area contributed by atoms with Crippen LogP contribution in [0.5, 0.6) is 0 Å². The quantitative estimate of drug-likeness (QED) is 0.320. The van der Waals surface area contributed by atoms with Crippen molar-refractivity contribution in [3.8, 4) is 0 Å². The molecule has 0 radical (unpaired) electrons. The molecule has 0 aromatic rings. The van der Waals surface area contributed by atoms with Crippen molar-refractivity contribution in [2.45, 2.75) is 64.7 Å². The third-order valence-electron chi connectivity index (χ3n) is 2.80. The molecule has 18 heavy (non-hydrogen) atoms. The van der Waals surface area contributed by atoms with Gasteiger partial charge in [0.25, 0.3) is 0 Å². The van der Waals surface area contributed by atoms with Crippen molar-refractivity contribution in [2.75, 3.05) is 7.11 Å². The zero-order valence-corrected chi connectivity index (χ0v) is 11.7. The molecule has 0 aliphatic rings. The Balaban J connectivity index is 3.36. The van der Waals surface area contributed by atoms with Crippen molar-refractivity contribution in [1.82, 2.24) is 0 Å². The van der Waals surface area contributed by atoms with Crippen LogP contribution in [0.15, 0.2) is 12.2 Å². The predicted molar refractivity (Wildman–Crippen MR) is 73.4 cm³/mol. The Bertz CT molecular complexity index is 256. The molecule has 0 bridgehead atoms. The molecule has 0 saturated heterocycles. The Labute approximate surface area is 111 Å². The van der Waals surface area contributed by atoms with Gasteiger partial charge in [0.15, 0.2) is 0 Å². The smallest absolute Gasteiger partial charge is 0.305 e. The van der Waals surface area contributed by atoms with Crippen LogP contribution in [-0.4, -0.2) is 18.9 Å². The average Bonchev–Trinajstić information content (AvgIpc) is 2.37. The summed E-state index contributed by atoms with van der Waals surface area (Å²) in [6.07, 6.45) is 11.8. The fourth-order valence-electron chi connectivity index (χ4n) is 1.64. The lowest BCUT2D eigenvalue weighted by atomic mass is 10.1. The van der Waals surface area contributed by atoms with Crippen LogP contribution in [0.1, 0.15) is 64.7 Å². The van der Waals surface area contributed by atoms with E-state index in [2.05, 4.69) is 11.7 Å². The van der Waals surface area contributed by atoms with Crippen molar-refractivity contribution in [3.05, 3.63) is 12.2 Å². The summed E-state index contributed by atoms with van der Waals surface area (Å²) < 4.78 is 4.55. The maximum atomic E-state index is 11.4. The molecule has 0 aliphatic heterocycles. The molecular formula is C15H26O3. The summed E-state index contributed by atoms with van der Waals surface area (Å²) in [5.74, 6) is 0.206. The van der Waals surface area contributed by atoms with E-state index in [1.165, 1.54) is 7.11 Å². The van der Waals surface area contributed by atoms with Gasteiger partial charge in [0.05, 0.1) is 7.11 Å². The van der Waals surface area contributed by atoms with E-state index in [1.54, 1.807) is 0 Å². The van der Waals surface area contributed by atoms with Crippen LogP contribution in [-0.2, 0) is 14.3 Å². The molecule has 0 spiro atoms. The number of hydrogen-bond acceptors (Lipinski definition) is 3. The fourth-order valence-corrected chi connectivity index (χ4v) is 1.64. The van der Waals surface area contributed by atoms with E-state index in [4.69, 9.17) is 0 Å². The van der Waals surface area contributed by atoms with Crippen molar-refractivity contribution < 1.29 is 14.3 Å². The number of ketones is 1. The highest BCUT2D eigenvalue weighted by Crippen LogP contribution is 2.05. The highest BCUT2D eigenvalue weighted by molar-refractivity contribution is 5.78. The number of Topliss-reactive ketones (excluding diaryl/α,β-unsaturated/α-hetero) is 1. The van der Waals surface area contributed by atoms with Gasteiger partial charge >= 0.3 is 5.97 Å². The van der Waals surface area contributed by atoms with Gasteiger partial charge in [0, 0.05) is 19.3 Å². The van der Waals surface area contributed by atoms with Crippen molar-refractivity contribution in [1.29, 1.82) is 0 Å². The third-order valence-corrected chi connectivity index (χ3v) is 2.80. The molecule has 0 atom stereocenters. The topological polar surface area (TPSA) is 43.4 Å². The van der Waals surface area contributed by atoms with E-state index in [1.807, 2.05) is 12.2 Å². The first-order valence-corrected chi connectivity index (χ1v) is 6.94. The molecule has 0 saturated carbocycles. The van der Waals surface area contributed by atoms with Gasteiger partial charge < -0.3 is 4.74 Å². The molecule has 0 aromatic heterocycles. The molecule has 0 heterocycles. The van der Waals surface area contributed by atoms with E-state index in [0.29, 0.717) is 18.6 Å². The molecule has 0 fully saturated rings. The van der Waals surface area contributed by atoms with Gasteiger partial charge in [-0.1, -0.05) is 31.9 Å². The van der Waals surface area contributed by atoms with Crippen molar-refractivity contribution in [2.24, 2.45) is 0 Å². The highest BCUT2D eigenvalue weighted by Gasteiger charge is 1.99. The Morgan fingerprint density at radius 1 is 0.944 bits per heavy atom. The van der Waals surface area contributed by atoms with Gasteiger partial charge in [-0.15, -0.1) is 0 Å². The van der Waals surface area contributed by atoms with Gasteiger partial charge in [-0.05, 0) is 25.7 Å². The number of unbranched alkanes of at least 4 members (excludes halogenated alkanes) is 3. The van der Waals surface area contributed by atoms with E-state index in [9.17, 15) is 9.59 Å². The van der Waals surface area contributed by atoms with Crippen LogP contribution in [0, 0.1) is 0 Å². The molecule has 0 amide bonds. The second-order valence-electron chi connectivity index (χ2n) is 4.47. The second kappa shape index (κ2) is 12.3. The number of carbonyl (C=O) groups is 2. The minimum absolute atomic E-state index is 0.158. The number of carbonyl (C=O) groups excluding carboxylic acids is 2. The monoisotopic (exact) mass is 254 g/mol. The average molecular weight is 254 g/mol. The summed E-state index contributed by atoms with van der Waals surface area (Å²) in [6, 6.07) is 0. The van der Waals surface area contributed by atoms with Crippen LogP contribution >= 0.6 is 0 Å². The summed E-state index contributed by atoms with van der Waals surface area (Å²) in [7, 11) is 1.41. The number of esters is 1. The number of methoxy groups -OCH3 is 1. The summed E-state index contributed by atoms with van der Waals surface area (Å²) in [5, 5.41) is 0. The SMILES string of the molecule is CCCCCC(=O)CCC=CCCCC(=O)OC. The Morgan fingerprint density at radius 2 is 1.67 bits per heavy atom. The van der Waals surface area contributed by atoms with Gasteiger partial charge in [-0.3, -0.25) is 9.59 Å². The van der Waals surface area contributed by atoms with Gasteiger partial charge in [0.2, 0.25) is 0 Å². The molecule has 0 N–H and O–H groups in total. The molecule has 0 aliphatic carbocycles. The standard InChI is InChI=1S/C15H26O3/c1-3-4-8-11-14(16)12-9-6-5-7-10-13-15(17)18-2/h5-6H,3-4,7-13H2,1-2H3. The Hall–Kier alpha value is -1.12. The van der Waals surface area contributed by atoms with Gasteiger partial charge in [-0.25, -0.2) is 0 Å². The van der Waals surface area contributed by atoms with E-state index in [0.717, 1.165) is 44.9 Å². The Morgan fingerprint density at radius 3 is 2.33 bits per heavy atom. The normalized spacial score (nSPS) is 10.8. The second-order valence-corrected chi connectivity index (χ2v) is 4.47. The molecule has 104 valence electrons. The predicted octanol–water partition coefficient (Wildman–Crippen LogP) is 3.82. The highest BCUT2D eigenvalue weighted by atomic mass is 16.5. The minimum Gasteiger partial charge on any atom is -0.469 e. The Kier molecular flexibility index (Phi) is 11.6. The van der Waals surface area contributed by atoms with Crippen LogP contribution < -0.4 is 0 Å². The van der Waals surface area contributed by atoms with Gasteiger partial charge in [-0.2, -0.15) is 0 Å². The number of allylic oxidation sites excluding steroid dienone is 2. The molecule has 3 nitrogen and oxygen atoms in total. The lowest BCUT2D eigenvalue weighted by Crippen LogP contribution is -1.98. The van der Waals surface area contributed by atoms with Crippen LogP contribution in [0.25, 0.3) is 0 Å². The molecular weight excluding hydrogens is 228 g/mol. The molecule has 0 unspecified atom stereocenters. The van der Waals surface area contributed by atoms with Crippen molar-refractivity contribution >= 4 is 11.8 Å². The first kappa shape index (κ1) is 16.9. The summed E-state index contributed by atoms with van der Waals surface area (Å²) in [5.41, 5.74) is 0. The maximum Gasteiger partial charge on any atom is 0.305 e. The van der Waals surface area contributed by atoms with Crippen LogP contribution in [0.3, 0.4) is 0 Å². The number of hydrogen-bond donors (Lipinski definition) is 0. The zero-order chi connectivity index (χ0) is 13.6. The minimum atomic E-state index is -0.158. The lowest BCUT2D eigenvalue weighted by molar-refractivity contribution is -0.140. The van der Waals surface area contributed by atoms with Crippen molar-refractivity contribution in [3.63, 3.8) is 0 Å². The summed E-state index contributed by atoms with van der Waals surface area (Å²) in [6.45, 7) is 2.14. The molecule has 3 heteroatoms. The molecule has 0 aromatic carbocycles. The molecule has 0 rings (SSSR count). The first-order valence-electron chi connectivity index (χ1n) is 6.94. The maximum absolute atomic E-state index is 11.4. The van der Waals surface area contributed by atoms with Gasteiger partial charge in [0.1, 0.15) is 5.78 Å². The zero-order valence-electron chi connectivity index (χ0n) is 11.7. The lowest BCUT2D eigenvalue weighted by Gasteiger charge is -1.98. The van der Waals surface area contributed by atoms with E-state index >= 15 is 0 Å².